The number of amides is 1. The molecule has 0 saturated carbocycles. The maximum absolute atomic E-state index is 14.1. The zero-order chi connectivity index (χ0) is 53.6. The molecule has 1 saturated heterocycles. The van der Waals surface area contributed by atoms with Gasteiger partial charge in [-0.05, 0) is 117 Å². The van der Waals surface area contributed by atoms with E-state index >= 15 is 0 Å². The Morgan fingerprint density at radius 2 is 1.15 bits per heavy atom. The van der Waals surface area contributed by atoms with Gasteiger partial charge < -0.3 is 19.5 Å². The van der Waals surface area contributed by atoms with Crippen LogP contribution in [0.5, 0.6) is 11.5 Å². The summed E-state index contributed by atoms with van der Waals surface area (Å²) >= 11 is -0.599. The first-order valence-corrected chi connectivity index (χ1v) is 40.3. The molecule has 1 aliphatic rings. The summed E-state index contributed by atoms with van der Waals surface area (Å²) in [4.78, 5) is 26.3. The molecule has 390 valence electrons. The van der Waals surface area contributed by atoms with Crippen LogP contribution in [0.15, 0.2) is 85.0 Å². The fraction of sp³-hybridized carbons (Fsp3) is 0.455. The van der Waals surface area contributed by atoms with Gasteiger partial charge >= 0.3 is 144 Å². The molecule has 0 unspecified atom stereocenters. The summed E-state index contributed by atoms with van der Waals surface area (Å²) in [5.41, 5.74) is 8.71. The predicted molar refractivity (Wildman–Crippen MR) is 308 cm³/mol. The predicted octanol–water partition coefficient (Wildman–Crippen LogP) is 14.5. The number of halogens is 2. The van der Waals surface area contributed by atoms with Crippen molar-refractivity contribution in [2.75, 3.05) is 31.0 Å². The zero-order valence-electron chi connectivity index (χ0n) is 46.2. The third-order valence-electron chi connectivity index (χ3n) is 12.1. The first kappa shape index (κ1) is 63.3. The number of esters is 1. The van der Waals surface area contributed by atoms with Crippen LogP contribution in [0.2, 0.25) is 78.6 Å². The van der Waals surface area contributed by atoms with E-state index in [2.05, 4.69) is 102 Å². The molecule has 0 aliphatic carbocycles. The van der Waals surface area contributed by atoms with E-state index in [1.807, 2.05) is 58.0 Å². The number of β-lactam (4-membered cyclic amide) rings is 1. The van der Waals surface area contributed by atoms with Gasteiger partial charge in [0.1, 0.15) is 23.1 Å². The molecule has 1 aliphatic heterocycles. The minimum atomic E-state index is -1.17. The van der Waals surface area contributed by atoms with E-state index in [1.54, 1.807) is 58.1 Å². The van der Waals surface area contributed by atoms with Gasteiger partial charge in [-0.25, -0.2) is 13.6 Å². The fourth-order valence-electron chi connectivity index (χ4n) is 8.54. The average Bonchev–Trinajstić information content (AvgIpc) is 3.24. The standard InChI is InChI=1S/C22H26FNO3.C20H20FNO2.2C6H18NSi2.CH4.Sn/c1-7-27-22(25)16(5)21(17-9-8-13(2)19(23)11-17)24-18-10-14(3)15(4)20(12-18)26-6;1-11-6-7-15(9-17(11)21)19-14(4)20(23)22(19)16-8-12(2)13(3)18(10-16)24-5;2*1-8(2,3)7-9(4,5)6;;/h8-12,21,24H,5,7H2,1-4,6H3;6-10,19H,4H2,1-3,5H3;2*1-6H3;1H4;/q;;2*-1;;+2/t21-;19-;;;;/m11..../s1. The molecule has 1 heterocycles. The van der Waals surface area contributed by atoms with E-state index in [-0.39, 0.29) is 43.2 Å². The molecule has 4 aromatic rings. The van der Waals surface area contributed by atoms with Crippen molar-refractivity contribution in [2.45, 2.75) is 147 Å². The van der Waals surface area contributed by atoms with Crippen molar-refractivity contribution in [3.05, 3.63) is 141 Å². The molecule has 1 amide bonds. The molecule has 0 aromatic heterocycles. The molecule has 1 fully saturated rings. The maximum atomic E-state index is 14.1. The molecule has 2 atom stereocenters. The number of ether oxygens (including phenoxy) is 3. The van der Waals surface area contributed by atoms with Crippen LogP contribution < -0.4 is 19.7 Å². The second-order valence-electron chi connectivity index (χ2n) is 22.1. The second kappa shape index (κ2) is 25.4. The van der Waals surface area contributed by atoms with Crippen molar-refractivity contribution in [2.24, 2.45) is 0 Å². The molecule has 4 aromatic carbocycles. The molecule has 1 N–H and O–H groups in total. The monoisotopic (exact) mass is 1150 g/mol. The Labute approximate surface area is 442 Å². The van der Waals surface area contributed by atoms with E-state index in [1.165, 1.54) is 12.1 Å². The SMILES string of the molecule is C.C=C(C(=O)OCC)[C@@H](Nc1cc(C)c(C)c(OC)c1)c1ccc(C)c(F)c1.C=C1C(=O)N(c2cc(C)c(C)c(OC)c2)[C@H]1c1ccc(C)c(F)c1.C[Si](C)(C)[N]([Sn][N]([Si](C)(C)C)[Si](C)(C)C)[Si](C)(C)C. The van der Waals surface area contributed by atoms with Gasteiger partial charge in [-0.2, -0.15) is 0 Å². The number of nitrogens with zero attached hydrogens (tertiary/aromatic N) is 3. The van der Waals surface area contributed by atoms with E-state index in [0.29, 0.717) is 22.3 Å². The molecular weight excluding hydrogens is 1070 g/mol. The van der Waals surface area contributed by atoms with Crippen LogP contribution in [0, 0.1) is 53.2 Å². The number of aryl methyl sites for hydroxylation is 4. The number of rotatable bonds is 16. The van der Waals surface area contributed by atoms with Crippen molar-refractivity contribution in [1.82, 2.24) is 4.91 Å². The zero-order valence-corrected chi connectivity index (χ0v) is 53.0. The number of anilines is 2. The molecule has 16 heteroatoms. The molecule has 0 spiro atoms. The molecule has 2 radical (unpaired) electrons. The minimum absolute atomic E-state index is 0. The van der Waals surface area contributed by atoms with Gasteiger partial charge in [0.25, 0.3) is 5.91 Å². The molecule has 5 rings (SSSR count). The average molecular weight is 1150 g/mol. The summed E-state index contributed by atoms with van der Waals surface area (Å²) in [7, 11) is -1.46. The Hall–Kier alpha value is -3.85. The number of nitrogens with one attached hydrogen (secondary N) is 1. The van der Waals surface area contributed by atoms with Crippen molar-refractivity contribution < 1.29 is 32.6 Å². The van der Waals surface area contributed by atoms with E-state index in [9.17, 15) is 18.4 Å². The number of benzene rings is 4. The van der Waals surface area contributed by atoms with Gasteiger partial charge in [0.15, 0.2) is 0 Å². The van der Waals surface area contributed by atoms with Crippen molar-refractivity contribution in [3.8, 4) is 11.5 Å². The second-order valence-corrected chi connectivity index (χ2v) is 50.4. The van der Waals surface area contributed by atoms with Crippen molar-refractivity contribution in [3.63, 3.8) is 0 Å². The van der Waals surface area contributed by atoms with Crippen molar-refractivity contribution >= 4 is 77.9 Å². The summed E-state index contributed by atoms with van der Waals surface area (Å²) in [5.74, 6) is 0.168. The Balaban J connectivity index is 0.000000369. The van der Waals surface area contributed by atoms with E-state index < -0.39 is 66.6 Å². The summed E-state index contributed by atoms with van der Waals surface area (Å²) in [6, 6.07) is 16.5. The number of carbonyl (C=O) groups is 2. The Kier molecular flexibility index (Phi) is 22.6. The number of hydrogen-bond donors (Lipinski definition) is 1. The Morgan fingerprint density at radius 3 is 1.59 bits per heavy atom. The third kappa shape index (κ3) is 16.3. The molecular formula is C55H86F2N4O5Si4Sn. The van der Waals surface area contributed by atoms with Gasteiger partial charge in [-0.15, -0.1) is 0 Å². The quantitative estimate of drug-likeness (QED) is 0.0514. The first-order valence-electron chi connectivity index (χ1n) is 23.9. The molecule has 71 heavy (non-hydrogen) atoms. The van der Waals surface area contributed by atoms with E-state index in [0.717, 1.165) is 50.7 Å². The summed E-state index contributed by atoms with van der Waals surface area (Å²) in [6.07, 6.45) is 0. The summed E-state index contributed by atoms with van der Waals surface area (Å²) in [6.45, 7) is 51.7. The van der Waals surface area contributed by atoms with Crippen LogP contribution in [0.25, 0.3) is 0 Å². The van der Waals surface area contributed by atoms with Crippen LogP contribution in [-0.4, -0.2) is 92.2 Å². The van der Waals surface area contributed by atoms with Crippen molar-refractivity contribution in [1.29, 1.82) is 0 Å². The topological polar surface area (TPSA) is 83.6 Å². The van der Waals surface area contributed by atoms with Crippen LogP contribution in [0.3, 0.4) is 0 Å². The fourth-order valence-corrected chi connectivity index (χ4v) is 42.0. The number of methoxy groups -OCH3 is 2. The Bertz CT molecular complexity index is 2490. The van der Waals surface area contributed by atoms with Crippen LogP contribution in [0.1, 0.15) is 70.9 Å². The number of hydrogen-bond acceptors (Lipinski definition) is 8. The summed E-state index contributed by atoms with van der Waals surface area (Å²) in [5, 5.41) is 3.28. The van der Waals surface area contributed by atoms with Gasteiger partial charge in [0.2, 0.25) is 0 Å². The Morgan fingerprint density at radius 1 is 0.704 bits per heavy atom. The third-order valence-corrected chi connectivity index (χ3v) is 52.4. The van der Waals surface area contributed by atoms with Crippen LogP contribution in [0.4, 0.5) is 20.2 Å². The molecule has 9 nitrogen and oxygen atoms in total. The molecule has 0 bridgehead atoms. The van der Waals surface area contributed by atoms with Gasteiger partial charge in [-0.3, -0.25) is 9.69 Å². The van der Waals surface area contributed by atoms with Gasteiger partial charge in [0, 0.05) is 29.1 Å². The van der Waals surface area contributed by atoms with Crippen LogP contribution in [-0.2, 0) is 14.3 Å². The normalized spacial score (nSPS) is 14.3. The van der Waals surface area contributed by atoms with Gasteiger partial charge in [-0.1, -0.05) is 44.8 Å². The first-order chi connectivity index (χ1) is 32.1. The van der Waals surface area contributed by atoms with Crippen LogP contribution >= 0.6 is 0 Å². The number of carbonyl (C=O) groups excluding carboxylic acids is 2. The van der Waals surface area contributed by atoms with E-state index in [4.69, 9.17) is 14.2 Å². The van der Waals surface area contributed by atoms with Gasteiger partial charge in [0.05, 0.1) is 38.5 Å². The summed E-state index contributed by atoms with van der Waals surface area (Å²) < 4.78 is 50.2.